The Labute approximate surface area is 182 Å². The minimum atomic E-state index is -0.382. The van der Waals surface area contributed by atoms with Crippen molar-refractivity contribution in [3.8, 4) is 0 Å². The molecule has 0 bridgehead atoms. The van der Waals surface area contributed by atoms with Crippen molar-refractivity contribution in [2.45, 2.75) is 46.1 Å². The molecule has 0 spiro atoms. The van der Waals surface area contributed by atoms with Crippen LogP contribution in [0.3, 0.4) is 0 Å². The summed E-state index contributed by atoms with van der Waals surface area (Å²) in [6.07, 6.45) is 1.34. The zero-order chi connectivity index (χ0) is 22.4. The smallest absolute Gasteiger partial charge is 0.313 e. The summed E-state index contributed by atoms with van der Waals surface area (Å²) in [5, 5.41) is 0. The van der Waals surface area contributed by atoms with Gasteiger partial charge in [0.1, 0.15) is 5.82 Å². The Morgan fingerprint density at radius 2 is 1.71 bits per heavy atom. The molecule has 4 nitrogen and oxygen atoms in total. The molecule has 1 atom stereocenters. The molecule has 162 valence electrons. The summed E-state index contributed by atoms with van der Waals surface area (Å²) < 4.78 is 20.5. The van der Waals surface area contributed by atoms with Gasteiger partial charge >= 0.3 is 5.97 Å². The van der Waals surface area contributed by atoms with E-state index < -0.39 is 0 Å². The van der Waals surface area contributed by atoms with Crippen LogP contribution in [-0.4, -0.2) is 22.9 Å². The number of ether oxygens (including phenoxy) is 1. The molecule has 2 aromatic carbocycles. The van der Waals surface area contributed by atoms with Crippen LogP contribution in [0.1, 0.15) is 52.1 Å². The number of esters is 1. The standard InChI is InChI=1S/C26H28FNO3/c1-4-23(21-8-6-5-7-9-21)26(30)31-17-25(29)24-16-18(2)28(19(24)3)15-14-20-10-12-22(27)13-11-20/h5-13,16,23H,4,14-15,17H2,1-3H3/t23-/m1/s1. The van der Waals surface area contributed by atoms with E-state index in [2.05, 4.69) is 4.57 Å². The van der Waals surface area contributed by atoms with Crippen LogP contribution in [0.25, 0.3) is 0 Å². The number of hydrogen-bond acceptors (Lipinski definition) is 3. The van der Waals surface area contributed by atoms with Gasteiger partial charge in [-0.3, -0.25) is 9.59 Å². The molecule has 3 aromatic rings. The first-order valence-electron chi connectivity index (χ1n) is 10.6. The number of Topliss-reactive ketones (excluding diaryl/α,β-unsaturated/α-hetero) is 1. The van der Waals surface area contributed by atoms with E-state index in [1.807, 2.05) is 57.2 Å². The number of aromatic nitrogens is 1. The first kappa shape index (κ1) is 22.5. The van der Waals surface area contributed by atoms with Gasteiger partial charge in [-0.15, -0.1) is 0 Å². The largest absolute Gasteiger partial charge is 0.457 e. The van der Waals surface area contributed by atoms with Gasteiger partial charge in [0.15, 0.2) is 6.61 Å². The third-order valence-corrected chi connectivity index (χ3v) is 5.65. The second-order valence-corrected chi connectivity index (χ2v) is 7.72. The summed E-state index contributed by atoms with van der Waals surface area (Å²) in [7, 11) is 0. The fourth-order valence-electron chi connectivity index (χ4n) is 3.86. The lowest BCUT2D eigenvalue weighted by molar-refractivity contribution is -0.144. The molecule has 0 saturated carbocycles. The van der Waals surface area contributed by atoms with Crippen LogP contribution >= 0.6 is 0 Å². The lowest BCUT2D eigenvalue weighted by atomic mass is 9.97. The van der Waals surface area contributed by atoms with E-state index in [0.29, 0.717) is 18.5 Å². The van der Waals surface area contributed by atoms with E-state index >= 15 is 0 Å². The first-order chi connectivity index (χ1) is 14.9. The molecule has 5 heteroatoms. The third kappa shape index (κ3) is 5.48. The molecule has 0 saturated heterocycles. The van der Waals surface area contributed by atoms with Crippen molar-refractivity contribution < 1.29 is 18.7 Å². The highest BCUT2D eigenvalue weighted by molar-refractivity contribution is 5.99. The van der Waals surface area contributed by atoms with Crippen LogP contribution < -0.4 is 0 Å². The van der Waals surface area contributed by atoms with Crippen molar-refractivity contribution in [2.75, 3.05) is 6.61 Å². The summed E-state index contributed by atoms with van der Waals surface area (Å²) in [5.74, 6) is -1.22. The summed E-state index contributed by atoms with van der Waals surface area (Å²) in [6.45, 7) is 6.18. The molecule has 0 aliphatic heterocycles. The predicted octanol–water partition coefficient (Wildman–Crippen LogP) is 5.41. The number of carbonyl (C=O) groups is 2. The molecule has 0 aliphatic carbocycles. The van der Waals surface area contributed by atoms with Crippen LogP contribution in [0, 0.1) is 19.7 Å². The number of nitrogens with zero attached hydrogens (tertiary/aromatic N) is 1. The van der Waals surface area contributed by atoms with Gasteiger partial charge in [0, 0.05) is 23.5 Å². The molecule has 0 unspecified atom stereocenters. The quantitative estimate of drug-likeness (QED) is 0.343. The predicted molar refractivity (Wildman–Crippen MR) is 119 cm³/mol. The van der Waals surface area contributed by atoms with Crippen LogP contribution in [0.2, 0.25) is 0 Å². The number of hydrogen-bond donors (Lipinski definition) is 0. The van der Waals surface area contributed by atoms with Crippen molar-refractivity contribution >= 4 is 11.8 Å². The number of aryl methyl sites for hydroxylation is 2. The molecule has 0 aliphatic rings. The lowest BCUT2D eigenvalue weighted by Gasteiger charge is -2.14. The van der Waals surface area contributed by atoms with Crippen molar-refractivity contribution in [1.29, 1.82) is 0 Å². The van der Waals surface area contributed by atoms with E-state index in [0.717, 1.165) is 28.9 Å². The second kappa shape index (κ2) is 10.2. The molecular weight excluding hydrogens is 393 g/mol. The van der Waals surface area contributed by atoms with Gasteiger partial charge in [-0.25, -0.2) is 4.39 Å². The number of benzene rings is 2. The molecule has 31 heavy (non-hydrogen) atoms. The number of ketones is 1. The van der Waals surface area contributed by atoms with E-state index in [4.69, 9.17) is 4.74 Å². The number of carbonyl (C=O) groups excluding carboxylic acids is 2. The average Bonchev–Trinajstić information content (AvgIpc) is 3.06. The Hall–Kier alpha value is -3.21. The highest BCUT2D eigenvalue weighted by Gasteiger charge is 2.22. The maximum atomic E-state index is 13.1. The second-order valence-electron chi connectivity index (χ2n) is 7.72. The normalized spacial score (nSPS) is 11.9. The average molecular weight is 422 g/mol. The minimum Gasteiger partial charge on any atom is -0.457 e. The Balaban J connectivity index is 1.63. The molecule has 0 radical (unpaired) electrons. The Kier molecular flexibility index (Phi) is 7.40. The summed E-state index contributed by atoms with van der Waals surface area (Å²) in [4.78, 5) is 25.3. The Morgan fingerprint density at radius 1 is 1.03 bits per heavy atom. The summed E-state index contributed by atoms with van der Waals surface area (Å²) in [6, 6.07) is 17.7. The van der Waals surface area contributed by atoms with Crippen molar-refractivity contribution in [3.05, 3.63) is 94.6 Å². The topological polar surface area (TPSA) is 48.3 Å². The van der Waals surface area contributed by atoms with Crippen LogP contribution in [0.5, 0.6) is 0 Å². The number of rotatable bonds is 9. The van der Waals surface area contributed by atoms with Crippen molar-refractivity contribution in [1.82, 2.24) is 4.57 Å². The summed E-state index contributed by atoms with van der Waals surface area (Å²) >= 11 is 0. The number of halogens is 1. The first-order valence-corrected chi connectivity index (χ1v) is 10.6. The Morgan fingerprint density at radius 3 is 2.35 bits per heavy atom. The van der Waals surface area contributed by atoms with Crippen molar-refractivity contribution in [3.63, 3.8) is 0 Å². The van der Waals surface area contributed by atoms with E-state index in [9.17, 15) is 14.0 Å². The monoisotopic (exact) mass is 421 g/mol. The maximum absolute atomic E-state index is 13.1. The molecular formula is C26H28FNO3. The van der Waals surface area contributed by atoms with E-state index in [-0.39, 0.29) is 30.1 Å². The fraction of sp³-hybridized carbons (Fsp3) is 0.308. The third-order valence-electron chi connectivity index (χ3n) is 5.65. The fourth-order valence-corrected chi connectivity index (χ4v) is 3.86. The van der Waals surface area contributed by atoms with Crippen molar-refractivity contribution in [2.24, 2.45) is 0 Å². The highest BCUT2D eigenvalue weighted by Crippen LogP contribution is 2.22. The molecule has 0 fully saturated rings. The molecule has 0 amide bonds. The van der Waals surface area contributed by atoms with Gasteiger partial charge in [-0.1, -0.05) is 49.4 Å². The zero-order valence-corrected chi connectivity index (χ0v) is 18.2. The zero-order valence-electron chi connectivity index (χ0n) is 18.2. The molecule has 1 aromatic heterocycles. The van der Waals surface area contributed by atoms with Gasteiger partial charge in [0.2, 0.25) is 5.78 Å². The van der Waals surface area contributed by atoms with Gasteiger partial charge in [0.25, 0.3) is 0 Å². The van der Waals surface area contributed by atoms with Crippen LogP contribution in [0.4, 0.5) is 4.39 Å². The SMILES string of the molecule is CC[C@@H](C(=O)OCC(=O)c1cc(C)n(CCc2ccc(F)cc2)c1C)c1ccccc1. The molecule has 3 rings (SSSR count). The highest BCUT2D eigenvalue weighted by atomic mass is 19.1. The Bertz CT molecular complexity index is 1040. The van der Waals surface area contributed by atoms with Gasteiger partial charge in [-0.2, -0.15) is 0 Å². The van der Waals surface area contributed by atoms with Crippen LogP contribution in [0.15, 0.2) is 60.7 Å². The minimum absolute atomic E-state index is 0.211. The van der Waals surface area contributed by atoms with E-state index in [1.54, 1.807) is 12.1 Å². The maximum Gasteiger partial charge on any atom is 0.313 e. The molecule has 0 N–H and O–H groups in total. The molecule has 1 heterocycles. The van der Waals surface area contributed by atoms with Gasteiger partial charge < -0.3 is 9.30 Å². The van der Waals surface area contributed by atoms with Gasteiger partial charge in [-0.05, 0) is 56.0 Å². The van der Waals surface area contributed by atoms with Gasteiger partial charge in [0.05, 0.1) is 5.92 Å². The van der Waals surface area contributed by atoms with E-state index in [1.165, 1.54) is 12.1 Å². The van der Waals surface area contributed by atoms with Crippen LogP contribution in [-0.2, 0) is 22.5 Å². The lowest BCUT2D eigenvalue weighted by Crippen LogP contribution is -2.20. The summed E-state index contributed by atoms with van der Waals surface area (Å²) in [5.41, 5.74) is 4.29.